The van der Waals surface area contributed by atoms with Crippen molar-refractivity contribution in [2.75, 3.05) is 19.6 Å². The summed E-state index contributed by atoms with van der Waals surface area (Å²) < 4.78 is 17.0. The molecule has 0 fully saturated rings. The number of rotatable bonds is 7. The predicted molar refractivity (Wildman–Crippen MR) is 140 cm³/mol. The Morgan fingerprint density at radius 2 is 1.97 bits per heavy atom. The quantitative estimate of drug-likeness (QED) is 0.361. The largest absolute Gasteiger partial charge is 0.489 e. The van der Waals surface area contributed by atoms with Gasteiger partial charge in [0.15, 0.2) is 0 Å². The second-order valence-corrected chi connectivity index (χ2v) is 10.6. The molecule has 1 aliphatic rings. The standard InChI is InChI=1S/C28H34ClN3O4/c1-6-18(2)34-24-11-10-20(16-23(24)29)27-30-26(31-36-27)22-9-7-8-19-12-14-32(15-13-21(19)22)17-25(33)35-28(3,4)5/h7-11,16,18H,6,12-15,17H2,1-5H3. The molecule has 1 aliphatic heterocycles. The molecule has 1 atom stereocenters. The summed E-state index contributed by atoms with van der Waals surface area (Å²) in [5, 5.41) is 4.78. The van der Waals surface area contributed by atoms with E-state index >= 15 is 0 Å². The van der Waals surface area contributed by atoms with Gasteiger partial charge in [0.2, 0.25) is 5.82 Å². The van der Waals surface area contributed by atoms with Crippen LogP contribution < -0.4 is 4.74 Å². The van der Waals surface area contributed by atoms with Gasteiger partial charge in [-0.25, -0.2) is 0 Å². The van der Waals surface area contributed by atoms with Gasteiger partial charge in [0.1, 0.15) is 11.4 Å². The van der Waals surface area contributed by atoms with Gasteiger partial charge in [0.05, 0.1) is 17.7 Å². The minimum absolute atomic E-state index is 0.0803. The molecule has 192 valence electrons. The number of nitrogens with zero attached hydrogens (tertiary/aromatic N) is 3. The third-order valence-corrected chi connectivity index (χ3v) is 6.47. The molecular formula is C28H34ClN3O4. The molecule has 2 heterocycles. The maximum Gasteiger partial charge on any atom is 0.320 e. The number of halogens is 1. The van der Waals surface area contributed by atoms with E-state index in [-0.39, 0.29) is 18.6 Å². The number of benzene rings is 2. The Kier molecular flexibility index (Phi) is 8.00. The molecule has 3 aromatic rings. The normalized spacial score (nSPS) is 15.2. The first kappa shape index (κ1) is 26.2. The molecule has 0 bridgehead atoms. The van der Waals surface area contributed by atoms with Crippen LogP contribution in [0.4, 0.5) is 0 Å². The topological polar surface area (TPSA) is 77.7 Å². The molecular weight excluding hydrogens is 478 g/mol. The number of esters is 1. The summed E-state index contributed by atoms with van der Waals surface area (Å²) in [4.78, 5) is 19.2. The number of aromatic nitrogens is 2. The number of carbonyl (C=O) groups is 1. The number of fused-ring (bicyclic) bond motifs is 1. The Labute approximate surface area is 217 Å². The lowest BCUT2D eigenvalue weighted by Crippen LogP contribution is -2.36. The van der Waals surface area contributed by atoms with Crippen molar-refractivity contribution in [3.05, 3.63) is 52.5 Å². The van der Waals surface area contributed by atoms with Gasteiger partial charge in [-0.2, -0.15) is 4.98 Å². The fraction of sp³-hybridized carbons (Fsp3) is 0.464. The van der Waals surface area contributed by atoms with Crippen LogP contribution >= 0.6 is 11.6 Å². The van der Waals surface area contributed by atoms with E-state index in [4.69, 9.17) is 25.6 Å². The van der Waals surface area contributed by atoms with Crippen LogP contribution in [0.2, 0.25) is 5.02 Å². The van der Waals surface area contributed by atoms with E-state index in [1.54, 1.807) is 6.07 Å². The van der Waals surface area contributed by atoms with E-state index in [0.29, 0.717) is 22.5 Å². The molecule has 1 aromatic heterocycles. The highest BCUT2D eigenvalue weighted by atomic mass is 35.5. The lowest BCUT2D eigenvalue weighted by atomic mass is 9.97. The molecule has 7 nitrogen and oxygen atoms in total. The predicted octanol–water partition coefficient (Wildman–Crippen LogP) is 5.98. The molecule has 0 saturated carbocycles. The van der Waals surface area contributed by atoms with Crippen LogP contribution in [0.15, 0.2) is 40.9 Å². The van der Waals surface area contributed by atoms with Crippen LogP contribution in [-0.2, 0) is 22.4 Å². The first-order valence-corrected chi connectivity index (χ1v) is 12.9. The van der Waals surface area contributed by atoms with Gasteiger partial charge in [-0.3, -0.25) is 9.69 Å². The Hall–Kier alpha value is -2.90. The van der Waals surface area contributed by atoms with Gasteiger partial charge in [-0.05, 0) is 76.3 Å². The SMILES string of the molecule is CCC(C)Oc1ccc(-c2nc(-c3cccc4c3CCN(CC(=O)OC(C)(C)C)CC4)no2)cc1Cl. The Balaban J connectivity index is 1.50. The third-order valence-electron chi connectivity index (χ3n) is 6.17. The zero-order valence-corrected chi connectivity index (χ0v) is 22.4. The summed E-state index contributed by atoms with van der Waals surface area (Å²) in [6.45, 7) is 11.6. The molecule has 0 radical (unpaired) electrons. The lowest BCUT2D eigenvalue weighted by Gasteiger charge is -2.23. The van der Waals surface area contributed by atoms with Gasteiger partial charge in [-0.1, -0.05) is 41.9 Å². The van der Waals surface area contributed by atoms with E-state index in [1.165, 1.54) is 11.1 Å². The van der Waals surface area contributed by atoms with Crippen molar-refractivity contribution in [2.45, 2.75) is 65.6 Å². The molecule has 2 aromatic carbocycles. The smallest absolute Gasteiger partial charge is 0.320 e. The van der Waals surface area contributed by atoms with Crippen molar-refractivity contribution in [3.8, 4) is 28.6 Å². The summed E-state index contributed by atoms with van der Waals surface area (Å²) in [6.07, 6.45) is 2.60. The summed E-state index contributed by atoms with van der Waals surface area (Å²) >= 11 is 6.45. The van der Waals surface area contributed by atoms with Gasteiger partial charge >= 0.3 is 5.97 Å². The van der Waals surface area contributed by atoms with E-state index in [1.807, 2.05) is 52.0 Å². The summed E-state index contributed by atoms with van der Waals surface area (Å²) in [6, 6.07) is 11.7. The Morgan fingerprint density at radius 3 is 2.69 bits per heavy atom. The number of hydrogen-bond donors (Lipinski definition) is 0. The van der Waals surface area contributed by atoms with Crippen LogP contribution in [0, 0.1) is 0 Å². The van der Waals surface area contributed by atoms with Crippen molar-refractivity contribution < 1.29 is 18.8 Å². The third kappa shape index (κ3) is 6.45. The number of hydrogen-bond acceptors (Lipinski definition) is 7. The Morgan fingerprint density at radius 1 is 1.19 bits per heavy atom. The van der Waals surface area contributed by atoms with E-state index in [9.17, 15) is 4.79 Å². The summed E-state index contributed by atoms with van der Waals surface area (Å²) in [5.74, 6) is 1.38. The molecule has 8 heteroatoms. The molecule has 0 spiro atoms. The van der Waals surface area contributed by atoms with Crippen LogP contribution in [0.5, 0.6) is 5.75 Å². The lowest BCUT2D eigenvalue weighted by molar-refractivity contribution is -0.156. The average molecular weight is 512 g/mol. The van der Waals surface area contributed by atoms with Crippen molar-refractivity contribution in [1.29, 1.82) is 0 Å². The second-order valence-electron chi connectivity index (χ2n) is 10.2. The Bertz CT molecular complexity index is 1220. The van der Waals surface area contributed by atoms with Crippen LogP contribution in [0.25, 0.3) is 22.8 Å². The summed E-state index contributed by atoms with van der Waals surface area (Å²) in [5.41, 5.74) is 3.62. The van der Waals surface area contributed by atoms with Gasteiger partial charge in [-0.15, -0.1) is 0 Å². The van der Waals surface area contributed by atoms with Crippen molar-refractivity contribution >= 4 is 17.6 Å². The zero-order valence-electron chi connectivity index (χ0n) is 21.6. The zero-order chi connectivity index (χ0) is 25.9. The van der Waals surface area contributed by atoms with Crippen LogP contribution in [0.1, 0.15) is 52.2 Å². The molecule has 0 aliphatic carbocycles. The first-order valence-electron chi connectivity index (χ1n) is 12.5. The minimum atomic E-state index is -0.485. The molecule has 36 heavy (non-hydrogen) atoms. The highest BCUT2D eigenvalue weighted by Gasteiger charge is 2.23. The monoisotopic (exact) mass is 511 g/mol. The van der Waals surface area contributed by atoms with Crippen molar-refractivity contribution in [2.24, 2.45) is 0 Å². The van der Waals surface area contributed by atoms with Gasteiger partial charge in [0.25, 0.3) is 5.89 Å². The maximum absolute atomic E-state index is 12.3. The van der Waals surface area contributed by atoms with E-state index in [0.717, 1.165) is 43.5 Å². The second kappa shape index (κ2) is 11.0. The van der Waals surface area contributed by atoms with Gasteiger partial charge in [0, 0.05) is 24.2 Å². The minimum Gasteiger partial charge on any atom is -0.489 e. The van der Waals surface area contributed by atoms with Gasteiger partial charge < -0.3 is 14.0 Å². The maximum atomic E-state index is 12.3. The van der Waals surface area contributed by atoms with E-state index < -0.39 is 5.60 Å². The molecule has 1 unspecified atom stereocenters. The summed E-state index contributed by atoms with van der Waals surface area (Å²) in [7, 11) is 0. The highest BCUT2D eigenvalue weighted by Crippen LogP contribution is 2.33. The number of ether oxygens (including phenoxy) is 2. The fourth-order valence-corrected chi connectivity index (χ4v) is 4.45. The molecule has 4 rings (SSSR count). The molecule has 0 saturated heterocycles. The fourth-order valence-electron chi connectivity index (χ4n) is 4.23. The van der Waals surface area contributed by atoms with E-state index in [2.05, 4.69) is 28.0 Å². The molecule has 0 N–H and O–H groups in total. The highest BCUT2D eigenvalue weighted by molar-refractivity contribution is 6.32. The van der Waals surface area contributed by atoms with Crippen molar-refractivity contribution in [1.82, 2.24) is 15.0 Å². The van der Waals surface area contributed by atoms with Crippen molar-refractivity contribution in [3.63, 3.8) is 0 Å². The van der Waals surface area contributed by atoms with Crippen LogP contribution in [-0.4, -0.2) is 52.3 Å². The average Bonchev–Trinajstić information content (AvgIpc) is 3.22. The molecule has 0 amide bonds. The first-order chi connectivity index (χ1) is 17.1. The van der Waals surface area contributed by atoms with Crippen LogP contribution in [0.3, 0.4) is 0 Å². The number of carbonyl (C=O) groups excluding carboxylic acids is 1.